The van der Waals surface area contributed by atoms with Crippen molar-refractivity contribution in [1.82, 2.24) is 20.3 Å². The van der Waals surface area contributed by atoms with Crippen molar-refractivity contribution in [3.8, 4) is 22.6 Å². The molecule has 2 aromatic heterocycles. The van der Waals surface area contributed by atoms with Gasteiger partial charge in [0.05, 0.1) is 5.69 Å². The first-order valence-electron chi connectivity index (χ1n) is 8.56. The Morgan fingerprint density at radius 1 is 1.12 bits per heavy atom. The molecule has 3 heterocycles. The van der Waals surface area contributed by atoms with Gasteiger partial charge in [0.2, 0.25) is 6.79 Å². The zero-order valence-corrected chi connectivity index (χ0v) is 14.8. The Kier molecular flexibility index (Phi) is 4.50. The van der Waals surface area contributed by atoms with Crippen molar-refractivity contribution in [1.29, 1.82) is 0 Å². The minimum absolute atomic E-state index is 0.117. The molecule has 0 bridgehead atoms. The van der Waals surface area contributed by atoms with Crippen LogP contribution in [0.3, 0.4) is 0 Å². The smallest absolute Gasteiger partial charge is 0.231 e. The molecule has 1 atom stereocenters. The largest absolute Gasteiger partial charge is 0.454 e. The van der Waals surface area contributed by atoms with E-state index in [2.05, 4.69) is 33.3 Å². The number of benzene rings is 1. The predicted octanol–water partition coefficient (Wildman–Crippen LogP) is 3.43. The fourth-order valence-corrected chi connectivity index (χ4v) is 3.01. The van der Waals surface area contributed by atoms with Crippen LogP contribution in [0.15, 0.2) is 48.9 Å². The summed E-state index contributed by atoms with van der Waals surface area (Å²) in [7, 11) is 0. The summed E-state index contributed by atoms with van der Waals surface area (Å²) in [4.78, 5) is 12.7. The van der Waals surface area contributed by atoms with Crippen LogP contribution in [0.25, 0.3) is 11.1 Å². The molecule has 0 radical (unpaired) electrons. The van der Waals surface area contributed by atoms with Crippen LogP contribution in [-0.4, -0.2) is 21.7 Å². The first kappa shape index (κ1) is 16.5. The lowest BCUT2D eigenvalue weighted by Crippen LogP contribution is -2.19. The summed E-state index contributed by atoms with van der Waals surface area (Å²) in [5.74, 6) is 2.35. The number of pyridine rings is 1. The molecule has 4 rings (SSSR count). The summed E-state index contributed by atoms with van der Waals surface area (Å²) < 4.78 is 11.3. The van der Waals surface area contributed by atoms with Crippen LogP contribution in [0.4, 0.5) is 0 Å². The normalized spacial score (nSPS) is 13.6. The molecule has 1 aliphatic rings. The van der Waals surface area contributed by atoms with Crippen LogP contribution in [-0.2, 0) is 6.54 Å². The van der Waals surface area contributed by atoms with Gasteiger partial charge in [-0.05, 0) is 55.3 Å². The maximum atomic E-state index is 5.67. The average Bonchev–Trinajstić information content (AvgIpc) is 3.14. The van der Waals surface area contributed by atoms with Crippen LogP contribution < -0.4 is 14.8 Å². The molecule has 26 heavy (non-hydrogen) atoms. The molecule has 6 nitrogen and oxygen atoms in total. The second kappa shape index (κ2) is 7.09. The Balaban J connectivity index is 1.58. The average molecular weight is 348 g/mol. The van der Waals surface area contributed by atoms with E-state index in [4.69, 9.17) is 9.47 Å². The topological polar surface area (TPSA) is 69.2 Å². The Bertz CT molecular complexity index is 915. The highest BCUT2D eigenvalue weighted by atomic mass is 16.7. The Labute approximate surface area is 152 Å². The van der Waals surface area contributed by atoms with Gasteiger partial charge >= 0.3 is 0 Å². The molecule has 6 heteroatoms. The summed E-state index contributed by atoms with van der Waals surface area (Å²) in [5, 5.41) is 3.51. The molecule has 0 spiro atoms. The third-order valence-electron chi connectivity index (χ3n) is 4.38. The van der Waals surface area contributed by atoms with Gasteiger partial charge < -0.3 is 14.8 Å². The van der Waals surface area contributed by atoms with Crippen molar-refractivity contribution in [3.63, 3.8) is 0 Å². The van der Waals surface area contributed by atoms with Gasteiger partial charge in [0.15, 0.2) is 11.5 Å². The van der Waals surface area contributed by atoms with Crippen molar-refractivity contribution < 1.29 is 9.47 Å². The number of ether oxygens (including phenoxy) is 2. The molecule has 0 saturated carbocycles. The SMILES string of the molecule is Cc1nccc(C(C)NCc2cc3c(c(-c4ccncc4)c2)OCO3)n1. The maximum absolute atomic E-state index is 5.67. The van der Waals surface area contributed by atoms with Crippen LogP contribution >= 0.6 is 0 Å². The first-order valence-corrected chi connectivity index (χ1v) is 8.56. The van der Waals surface area contributed by atoms with Crippen LogP contribution in [0.2, 0.25) is 0 Å². The van der Waals surface area contributed by atoms with Gasteiger partial charge in [0, 0.05) is 36.7 Å². The lowest BCUT2D eigenvalue weighted by atomic mass is 10.0. The van der Waals surface area contributed by atoms with Crippen LogP contribution in [0.1, 0.15) is 30.0 Å². The summed E-state index contributed by atoms with van der Waals surface area (Å²) in [6, 6.07) is 10.2. The molecule has 1 aromatic carbocycles. The zero-order chi connectivity index (χ0) is 17.9. The maximum Gasteiger partial charge on any atom is 0.231 e. The highest BCUT2D eigenvalue weighted by Crippen LogP contribution is 2.42. The van der Waals surface area contributed by atoms with E-state index in [0.29, 0.717) is 6.54 Å². The number of nitrogens with one attached hydrogen (secondary N) is 1. The van der Waals surface area contributed by atoms with Crippen molar-refractivity contribution >= 4 is 0 Å². The quantitative estimate of drug-likeness (QED) is 0.762. The fourth-order valence-electron chi connectivity index (χ4n) is 3.01. The molecule has 3 aromatic rings. The molecule has 1 unspecified atom stereocenters. The van der Waals surface area contributed by atoms with Gasteiger partial charge in [-0.25, -0.2) is 9.97 Å². The lowest BCUT2D eigenvalue weighted by molar-refractivity contribution is 0.174. The monoisotopic (exact) mass is 348 g/mol. The lowest BCUT2D eigenvalue weighted by Gasteiger charge is -2.15. The van der Waals surface area contributed by atoms with E-state index in [1.165, 1.54) is 0 Å². The Morgan fingerprint density at radius 2 is 1.96 bits per heavy atom. The number of hydrogen-bond acceptors (Lipinski definition) is 6. The number of aromatic nitrogens is 3. The van der Waals surface area contributed by atoms with Gasteiger partial charge in [-0.15, -0.1) is 0 Å². The van der Waals surface area contributed by atoms with E-state index >= 15 is 0 Å². The predicted molar refractivity (Wildman–Crippen MR) is 97.8 cm³/mol. The van der Waals surface area contributed by atoms with E-state index < -0.39 is 0 Å². The van der Waals surface area contributed by atoms with Gasteiger partial charge in [0.1, 0.15) is 5.82 Å². The number of rotatable bonds is 5. The number of hydrogen-bond donors (Lipinski definition) is 1. The highest BCUT2D eigenvalue weighted by molar-refractivity contribution is 5.75. The van der Waals surface area contributed by atoms with Crippen LogP contribution in [0.5, 0.6) is 11.5 Å². The molecule has 0 saturated heterocycles. The van der Waals surface area contributed by atoms with Crippen molar-refractivity contribution in [2.45, 2.75) is 26.4 Å². The number of nitrogens with zero attached hydrogens (tertiary/aromatic N) is 3. The van der Waals surface area contributed by atoms with E-state index in [1.807, 2.05) is 31.2 Å². The van der Waals surface area contributed by atoms with E-state index in [0.717, 1.165) is 39.7 Å². The summed E-state index contributed by atoms with van der Waals surface area (Å²) in [6.45, 7) is 4.94. The van der Waals surface area contributed by atoms with Crippen molar-refractivity contribution in [2.75, 3.05) is 6.79 Å². The Morgan fingerprint density at radius 3 is 2.77 bits per heavy atom. The van der Waals surface area contributed by atoms with E-state index in [1.54, 1.807) is 18.6 Å². The van der Waals surface area contributed by atoms with Crippen LogP contribution in [0, 0.1) is 6.92 Å². The zero-order valence-electron chi connectivity index (χ0n) is 14.8. The standard InChI is InChI=1S/C20H20N4O2/c1-13(18-5-8-22-14(2)24-18)23-11-15-9-17(16-3-6-21-7-4-16)20-19(10-15)25-12-26-20/h3-10,13,23H,11-12H2,1-2H3. The third-order valence-corrected chi connectivity index (χ3v) is 4.38. The second-order valence-corrected chi connectivity index (χ2v) is 6.24. The highest BCUT2D eigenvalue weighted by Gasteiger charge is 2.20. The molecule has 0 aliphatic carbocycles. The molecular weight excluding hydrogens is 328 g/mol. The van der Waals surface area contributed by atoms with E-state index in [9.17, 15) is 0 Å². The first-order chi connectivity index (χ1) is 12.7. The molecule has 1 aliphatic heterocycles. The van der Waals surface area contributed by atoms with Gasteiger partial charge in [-0.3, -0.25) is 4.98 Å². The van der Waals surface area contributed by atoms with Gasteiger partial charge in [-0.2, -0.15) is 0 Å². The molecular formula is C20H20N4O2. The van der Waals surface area contributed by atoms with Crippen molar-refractivity contribution in [2.24, 2.45) is 0 Å². The Hall–Kier alpha value is -2.99. The number of fused-ring (bicyclic) bond motifs is 1. The second-order valence-electron chi connectivity index (χ2n) is 6.24. The van der Waals surface area contributed by atoms with Gasteiger partial charge in [0.25, 0.3) is 0 Å². The number of aryl methyl sites for hydroxylation is 1. The summed E-state index contributed by atoms with van der Waals surface area (Å²) in [5.41, 5.74) is 4.18. The molecule has 132 valence electrons. The van der Waals surface area contributed by atoms with Gasteiger partial charge in [-0.1, -0.05) is 0 Å². The minimum Gasteiger partial charge on any atom is -0.454 e. The third kappa shape index (κ3) is 3.36. The molecule has 1 N–H and O–H groups in total. The molecule has 0 fully saturated rings. The van der Waals surface area contributed by atoms with Crippen molar-refractivity contribution in [3.05, 3.63) is 66.0 Å². The van der Waals surface area contributed by atoms with E-state index in [-0.39, 0.29) is 12.8 Å². The molecule has 0 amide bonds. The summed E-state index contributed by atoms with van der Waals surface area (Å²) in [6.07, 6.45) is 5.35. The minimum atomic E-state index is 0.117. The summed E-state index contributed by atoms with van der Waals surface area (Å²) >= 11 is 0. The fraction of sp³-hybridized carbons (Fsp3) is 0.250.